The van der Waals surface area contributed by atoms with Crippen LogP contribution in [-0.2, 0) is 6.61 Å². The summed E-state index contributed by atoms with van der Waals surface area (Å²) in [5, 5.41) is 15.4. The molecule has 6 nitrogen and oxygen atoms in total. The van der Waals surface area contributed by atoms with Gasteiger partial charge in [0.05, 0.1) is 5.52 Å². The molecular formula is C24H20ClN5O. The molecule has 2 heterocycles. The van der Waals surface area contributed by atoms with Gasteiger partial charge in [0.15, 0.2) is 0 Å². The summed E-state index contributed by atoms with van der Waals surface area (Å²) in [6, 6.07) is 26.4. The lowest BCUT2D eigenvalue weighted by atomic mass is 9.98. The molecule has 0 saturated carbocycles. The number of nitrogens with one attached hydrogen (secondary N) is 1. The van der Waals surface area contributed by atoms with Gasteiger partial charge in [0.1, 0.15) is 12.4 Å². The van der Waals surface area contributed by atoms with Gasteiger partial charge in [-0.15, -0.1) is 22.6 Å². The number of hydrogen-bond donors (Lipinski definition) is 1. The highest BCUT2D eigenvalue weighted by Crippen LogP contribution is 2.30. The van der Waals surface area contributed by atoms with E-state index in [4.69, 9.17) is 4.74 Å². The number of aromatic amines is 1. The van der Waals surface area contributed by atoms with E-state index in [-0.39, 0.29) is 12.4 Å². The summed E-state index contributed by atoms with van der Waals surface area (Å²) < 4.78 is 6.14. The van der Waals surface area contributed by atoms with E-state index in [2.05, 4.69) is 55.9 Å². The molecule has 0 radical (unpaired) electrons. The Hall–Kier alpha value is -3.77. The Morgan fingerprint density at radius 3 is 2.39 bits per heavy atom. The van der Waals surface area contributed by atoms with E-state index >= 15 is 0 Å². The predicted octanol–water partition coefficient (Wildman–Crippen LogP) is 5.39. The van der Waals surface area contributed by atoms with Gasteiger partial charge in [-0.25, -0.2) is 0 Å². The highest BCUT2D eigenvalue weighted by Gasteiger charge is 2.11. The summed E-state index contributed by atoms with van der Waals surface area (Å²) in [4.78, 5) is 4.57. The number of hydrogen-bond acceptors (Lipinski definition) is 5. The van der Waals surface area contributed by atoms with E-state index in [1.54, 1.807) is 0 Å². The summed E-state index contributed by atoms with van der Waals surface area (Å²) >= 11 is 0. The van der Waals surface area contributed by atoms with E-state index in [1.807, 2.05) is 55.5 Å². The lowest BCUT2D eigenvalue weighted by molar-refractivity contribution is 0.309. The SMILES string of the molecule is Cc1cc(OCc2ccc(-c3ccccc3-c3nn[nH]n3)cc2)c2ccccc2n1.Cl. The van der Waals surface area contributed by atoms with Crippen LogP contribution in [-0.4, -0.2) is 25.6 Å². The van der Waals surface area contributed by atoms with Gasteiger partial charge in [-0.2, -0.15) is 5.21 Å². The fourth-order valence-corrected chi connectivity index (χ4v) is 3.54. The standard InChI is InChI=1S/C24H19N5O.ClH/c1-16-14-23(21-8-4-5-9-22(21)25-16)30-15-17-10-12-18(13-11-17)19-6-2-3-7-20(19)24-26-28-29-27-24;/h2-14H,15H2,1H3,(H,26,27,28,29);1H. The maximum absolute atomic E-state index is 6.14. The molecule has 154 valence electrons. The van der Waals surface area contributed by atoms with Gasteiger partial charge in [-0.05, 0) is 41.0 Å². The predicted molar refractivity (Wildman–Crippen MR) is 123 cm³/mol. The van der Waals surface area contributed by atoms with Gasteiger partial charge in [-0.1, -0.05) is 60.7 Å². The molecule has 0 aliphatic rings. The summed E-state index contributed by atoms with van der Waals surface area (Å²) in [6.07, 6.45) is 0. The molecule has 31 heavy (non-hydrogen) atoms. The quantitative estimate of drug-likeness (QED) is 0.405. The number of H-pyrrole nitrogens is 1. The van der Waals surface area contributed by atoms with Gasteiger partial charge in [0.25, 0.3) is 0 Å². The lowest BCUT2D eigenvalue weighted by Gasteiger charge is -2.11. The summed E-state index contributed by atoms with van der Waals surface area (Å²) in [5.74, 6) is 1.43. The summed E-state index contributed by atoms with van der Waals surface area (Å²) in [7, 11) is 0. The van der Waals surface area contributed by atoms with Gasteiger partial charge in [0, 0.05) is 22.7 Å². The van der Waals surface area contributed by atoms with Crippen LogP contribution in [0.5, 0.6) is 5.75 Å². The largest absolute Gasteiger partial charge is 0.488 e. The second kappa shape index (κ2) is 8.93. The number of fused-ring (bicyclic) bond motifs is 1. The molecule has 0 aliphatic carbocycles. The van der Waals surface area contributed by atoms with Crippen LogP contribution in [0.15, 0.2) is 78.9 Å². The fourth-order valence-electron chi connectivity index (χ4n) is 3.54. The number of para-hydroxylation sites is 1. The van der Waals surface area contributed by atoms with Crippen molar-refractivity contribution in [2.24, 2.45) is 0 Å². The van der Waals surface area contributed by atoms with E-state index in [0.717, 1.165) is 44.6 Å². The second-order valence-corrected chi connectivity index (χ2v) is 7.05. The smallest absolute Gasteiger partial charge is 0.205 e. The van der Waals surface area contributed by atoms with Gasteiger partial charge < -0.3 is 4.74 Å². The number of rotatable bonds is 5. The first-order valence-electron chi connectivity index (χ1n) is 9.69. The third kappa shape index (κ3) is 4.25. The third-order valence-electron chi connectivity index (χ3n) is 4.98. The molecule has 2 aromatic heterocycles. The number of aryl methyl sites for hydroxylation is 1. The molecule has 1 N–H and O–H groups in total. The number of halogens is 1. The Bertz CT molecular complexity index is 1300. The van der Waals surface area contributed by atoms with Gasteiger partial charge >= 0.3 is 0 Å². The first-order valence-corrected chi connectivity index (χ1v) is 9.69. The van der Waals surface area contributed by atoms with Crippen molar-refractivity contribution in [2.75, 3.05) is 0 Å². The van der Waals surface area contributed by atoms with Gasteiger partial charge in [0.2, 0.25) is 5.82 Å². The number of benzene rings is 3. The third-order valence-corrected chi connectivity index (χ3v) is 4.98. The molecule has 0 aliphatic heterocycles. The Labute approximate surface area is 185 Å². The van der Waals surface area contributed by atoms with Crippen molar-refractivity contribution in [1.82, 2.24) is 25.6 Å². The van der Waals surface area contributed by atoms with Crippen molar-refractivity contribution in [3.63, 3.8) is 0 Å². The van der Waals surface area contributed by atoms with Crippen molar-refractivity contribution in [3.05, 3.63) is 90.1 Å². The zero-order valence-corrected chi connectivity index (χ0v) is 17.6. The van der Waals surface area contributed by atoms with Crippen LogP contribution in [0.4, 0.5) is 0 Å². The topological polar surface area (TPSA) is 76.6 Å². The van der Waals surface area contributed by atoms with Crippen LogP contribution < -0.4 is 4.74 Å². The zero-order valence-electron chi connectivity index (χ0n) is 16.8. The van der Waals surface area contributed by atoms with Gasteiger partial charge in [-0.3, -0.25) is 4.98 Å². The maximum Gasteiger partial charge on any atom is 0.205 e. The molecule has 0 atom stereocenters. The number of tetrazole rings is 1. The average molecular weight is 430 g/mol. The molecule has 7 heteroatoms. The molecule has 5 rings (SSSR count). The van der Waals surface area contributed by atoms with Crippen molar-refractivity contribution in [3.8, 4) is 28.3 Å². The van der Waals surface area contributed by atoms with Crippen LogP contribution in [0.3, 0.4) is 0 Å². The Morgan fingerprint density at radius 1 is 0.871 bits per heavy atom. The lowest BCUT2D eigenvalue weighted by Crippen LogP contribution is -1.98. The molecule has 3 aromatic carbocycles. The van der Waals surface area contributed by atoms with E-state index in [9.17, 15) is 0 Å². The van der Waals surface area contributed by atoms with E-state index in [1.165, 1.54) is 0 Å². The van der Waals surface area contributed by atoms with Crippen LogP contribution in [0.2, 0.25) is 0 Å². The number of nitrogens with zero attached hydrogens (tertiary/aromatic N) is 4. The fraction of sp³-hybridized carbons (Fsp3) is 0.0833. The molecule has 0 spiro atoms. The van der Waals surface area contributed by atoms with Crippen LogP contribution >= 0.6 is 12.4 Å². The second-order valence-electron chi connectivity index (χ2n) is 7.05. The van der Waals surface area contributed by atoms with Crippen LogP contribution in [0.1, 0.15) is 11.3 Å². The molecule has 0 bridgehead atoms. The number of pyridine rings is 1. The molecule has 0 amide bonds. The zero-order chi connectivity index (χ0) is 20.3. The van der Waals surface area contributed by atoms with E-state index in [0.29, 0.717) is 12.4 Å². The maximum atomic E-state index is 6.14. The monoisotopic (exact) mass is 429 g/mol. The molecule has 0 unspecified atom stereocenters. The summed E-state index contributed by atoms with van der Waals surface area (Å²) in [6.45, 7) is 2.47. The molecule has 0 saturated heterocycles. The normalized spacial score (nSPS) is 10.6. The van der Waals surface area contributed by atoms with Crippen molar-refractivity contribution < 1.29 is 4.74 Å². The van der Waals surface area contributed by atoms with E-state index < -0.39 is 0 Å². The van der Waals surface area contributed by atoms with Crippen LogP contribution in [0, 0.1) is 6.92 Å². The van der Waals surface area contributed by atoms with Crippen molar-refractivity contribution >= 4 is 23.3 Å². The Kier molecular flexibility index (Phi) is 5.91. The number of aromatic nitrogens is 5. The summed E-state index contributed by atoms with van der Waals surface area (Å²) in [5.41, 5.74) is 6.06. The van der Waals surface area contributed by atoms with Crippen molar-refractivity contribution in [2.45, 2.75) is 13.5 Å². The minimum absolute atomic E-state index is 0. The minimum Gasteiger partial charge on any atom is -0.488 e. The molecule has 5 aromatic rings. The van der Waals surface area contributed by atoms with Crippen LogP contribution in [0.25, 0.3) is 33.4 Å². The minimum atomic E-state index is 0. The average Bonchev–Trinajstić information content (AvgIpc) is 3.33. The first kappa shape index (κ1) is 20.5. The highest BCUT2D eigenvalue weighted by atomic mass is 35.5. The Balaban J connectivity index is 0.00000231. The van der Waals surface area contributed by atoms with Crippen molar-refractivity contribution in [1.29, 1.82) is 0 Å². The number of ether oxygens (including phenoxy) is 1. The molecule has 0 fully saturated rings. The first-order chi connectivity index (χ1) is 14.8. The molecular weight excluding hydrogens is 410 g/mol. The highest BCUT2D eigenvalue weighted by molar-refractivity contribution is 5.85. The Morgan fingerprint density at radius 2 is 1.61 bits per heavy atom.